The fourth-order valence-electron chi connectivity index (χ4n) is 2.64. The maximum absolute atomic E-state index is 6.02. The van der Waals surface area contributed by atoms with Crippen molar-refractivity contribution in [1.82, 2.24) is 4.57 Å². The monoisotopic (exact) mass is 308 g/mol. The highest BCUT2D eigenvalue weighted by Gasteiger charge is 2.15. The van der Waals surface area contributed by atoms with E-state index in [1.165, 1.54) is 0 Å². The van der Waals surface area contributed by atoms with Gasteiger partial charge in [-0.05, 0) is 31.2 Å². The van der Waals surface area contributed by atoms with Crippen LogP contribution in [-0.2, 0) is 7.05 Å². The molecule has 0 fully saturated rings. The molecule has 0 unspecified atom stereocenters. The number of aliphatic imine (C=N–C) groups is 1. The highest BCUT2D eigenvalue weighted by Crippen LogP contribution is 2.20. The van der Waals surface area contributed by atoms with Crippen molar-refractivity contribution in [3.63, 3.8) is 0 Å². The van der Waals surface area contributed by atoms with E-state index < -0.39 is 0 Å². The molecule has 2 heterocycles. The van der Waals surface area contributed by atoms with Crippen LogP contribution >= 0.6 is 0 Å². The normalized spacial score (nSPS) is 12.0. The molecule has 2 aromatic heterocycles. The molecule has 5 nitrogen and oxygen atoms in total. The predicted molar refractivity (Wildman–Crippen MR) is 93.3 cm³/mol. The standard InChI is InChI=1S/C18H22N5/c1-22-16(13-23-12-3-2-5-17(22)23)14-6-8-15(9-7-14)18(20)21-11-4-10-19/h2-3,5-9,12-13H,4,10-11,19H2,1H3,(H2,20,21)/q+1. The van der Waals surface area contributed by atoms with E-state index in [-0.39, 0.29) is 0 Å². The van der Waals surface area contributed by atoms with Crippen LogP contribution in [0.3, 0.4) is 0 Å². The van der Waals surface area contributed by atoms with E-state index in [1.54, 1.807) is 0 Å². The lowest BCUT2D eigenvalue weighted by atomic mass is 10.1. The number of hydrogen-bond donors (Lipinski definition) is 2. The van der Waals surface area contributed by atoms with Crippen LogP contribution in [0.15, 0.2) is 59.9 Å². The van der Waals surface area contributed by atoms with Gasteiger partial charge in [0, 0.05) is 23.7 Å². The molecule has 0 aliphatic rings. The molecule has 0 amide bonds. The zero-order chi connectivity index (χ0) is 16.2. The van der Waals surface area contributed by atoms with Gasteiger partial charge >= 0.3 is 0 Å². The lowest BCUT2D eigenvalue weighted by Crippen LogP contribution is -2.17. The summed E-state index contributed by atoms with van der Waals surface area (Å²) in [7, 11) is 2.07. The highest BCUT2D eigenvalue weighted by molar-refractivity contribution is 5.97. The summed E-state index contributed by atoms with van der Waals surface area (Å²) >= 11 is 0. The minimum Gasteiger partial charge on any atom is -0.384 e. The third-order valence-electron chi connectivity index (χ3n) is 3.95. The molecular weight excluding hydrogens is 286 g/mol. The summed E-state index contributed by atoms with van der Waals surface area (Å²) in [6.07, 6.45) is 5.03. The third kappa shape index (κ3) is 3.10. The molecule has 23 heavy (non-hydrogen) atoms. The lowest BCUT2D eigenvalue weighted by Gasteiger charge is -2.03. The Kier molecular flexibility index (Phi) is 4.39. The first-order valence-electron chi connectivity index (χ1n) is 7.77. The summed E-state index contributed by atoms with van der Waals surface area (Å²) in [5.41, 5.74) is 15.9. The topological polar surface area (TPSA) is 73.4 Å². The Bertz CT molecular complexity index is 830. The molecule has 4 N–H and O–H groups in total. The Labute approximate surface area is 135 Å². The first-order chi connectivity index (χ1) is 11.2. The number of rotatable bonds is 5. The largest absolute Gasteiger partial charge is 0.384 e. The third-order valence-corrected chi connectivity index (χ3v) is 3.95. The van der Waals surface area contributed by atoms with E-state index in [0.29, 0.717) is 18.9 Å². The van der Waals surface area contributed by atoms with Gasteiger partial charge in [0.25, 0.3) is 5.65 Å². The van der Waals surface area contributed by atoms with Gasteiger partial charge in [0.05, 0.1) is 13.2 Å². The zero-order valence-electron chi connectivity index (χ0n) is 13.3. The fourth-order valence-corrected chi connectivity index (χ4v) is 2.64. The minimum atomic E-state index is 0.566. The average molecular weight is 308 g/mol. The van der Waals surface area contributed by atoms with Gasteiger partial charge < -0.3 is 11.5 Å². The Morgan fingerprint density at radius 1 is 1.17 bits per heavy atom. The summed E-state index contributed by atoms with van der Waals surface area (Å²) < 4.78 is 4.29. The number of pyridine rings is 1. The first kappa shape index (κ1) is 15.2. The average Bonchev–Trinajstić information content (AvgIpc) is 2.92. The molecule has 1 aromatic carbocycles. The van der Waals surface area contributed by atoms with E-state index >= 15 is 0 Å². The Morgan fingerprint density at radius 3 is 2.65 bits per heavy atom. The maximum Gasteiger partial charge on any atom is 0.286 e. The predicted octanol–water partition coefficient (Wildman–Crippen LogP) is 1.48. The molecule has 5 heteroatoms. The second-order valence-corrected chi connectivity index (χ2v) is 5.53. The first-order valence-corrected chi connectivity index (χ1v) is 7.77. The van der Waals surface area contributed by atoms with Gasteiger partial charge in [-0.3, -0.25) is 4.99 Å². The van der Waals surface area contributed by atoms with E-state index in [2.05, 4.69) is 51.6 Å². The fraction of sp³-hybridized carbons (Fsp3) is 0.222. The number of aryl methyl sites for hydroxylation is 1. The second kappa shape index (κ2) is 6.62. The van der Waals surface area contributed by atoms with Crippen molar-refractivity contribution in [2.75, 3.05) is 13.1 Å². The summed E-state index contributed by atoms with van der Waals surface area (Å²) in [6, 6.07) is 14.3. The van der Waals surface area contributed by atoms with Gasteiger partial charge in [-0.15, -0.1) is 0 Å². The molecular formula is C18H22N5+. The SMILES string of the molecule is Cn1c(-c2ccc(C(N)=NCCCN)cc2)c[n+]2ccccc12. The number of aromatic nitrogens is 2. The van der Waals surface area contributed by atoms with Crippen LogP contribution in [0.2, 0.25) is 0 Å². The van der Waals surface area contributed by atoms with Crippen molar-refractivity contribution in [3.8, 4) is 11.3 Å². The Balaban J connectivity index is 1.89. The number of fused-ring (bicyclic) bond motifs is 1. The molecule has 0 spiro atoms. The van der Waals surface area contributed by atoms with Crippen molar-refractivity contribution in [2.45, 2.75) is 6.42 Å². The van der Waals surface area contributed by atoms with E-state index in [9.17, 15) is 0 Å². The Hall–Kier alpha value is -2.66. The number of nitrogens with two attached hydrogens (primary N) is 2. The molecule has 3 aromatic rings. The summed E-state index contributed by atoms with van der Waals surface area (Å²) in [6.45, 7) is 1.30. The van der Waals surface area contributed by atoms with Crippen molar-refractivity contribution in [2.24, 2.45) is 23.5 Å². The van der Waals surface area contributed by atoms with E-state index in [0.717, 1.165) is 28.9 Å². The second-order valence-electron chi connectivity index (χ2n) is 5.53. The molecule has 0 atom stereocenters. The number of nitrogens with zero attached hydrogens (tertiary/aromatic N) is 3. The molecule has 0 saturated heterocycles. The van der Waals surface area contributed by atoms with Gasteiger partial charge in [0.15, 0.2) is 5.69 Å². The minimum absolute atomic E-state index is 0.566. The van der Waals surface area contributed by atoms with Crippen LogP contribution < -0.4 is 15.9 Å². The summed E-state index contributed by atoms with van der Waals surface area (Å²) in [5, 5.41) is 0. The van der Waals surface area contributed by atoms with Gasteiger partial charge in [0.2, 0.25) is 0 Å². The molecule has 0 saturated carbocycles. The van der Waals surface area contributed by atoms with Crippen LogP contribution in [0.4, 0.5) is 0 Å². The summed E-state index contributed by atoms with van der Waals surface area (Å²) in [5.74, 6) is 0.566. The van der Waals surface area contributed by atoms with Crippen LogP contribution in [0.5, 0.6) is 0 Å². The van der Waals surface area contributed by atoms with Gasteiger partial charge in [0.1, 0.15) is 12.0 Å². The number of imidazole rings is 1. The number of benzene rings is 1. The van der Waals surface area contributed by atoms with Crippen LogP contribution in [0.25, 0.3) is 16.9 Å². The molecule has 118 valence electrons. The van der Waals surface area contributed by atoms with Crippen LogP contribution in [-0.4, -0.2) is 23.5 Å². The molecule has 0 radical (unpaired) electrons. The number of hydrogen-bond acceptors (Lipinski definition) is 2. The van der Waals surface area contributed by atoms with Crippen molar-refractivity contribution in [3.05, 3.63) is 60.4 Å². The van der Waals surface area contributed by atoms with E-state index in [1.807, 2.05) is 24.3 Å². The molecule has 0 aliphatic heterocycles. The van der Waals surface area contributed by atoms with Gasteiger partial charge in [-0.1, -0.05) is 18.2 Å². The highest BCUT2D eigenvalue weighted by atomic mass is 15.1. The van der Waals surface area contributed by atoms with E-state index in [4.69, 9.17) is 11.5 Å². The quantitative estimate of drug-likeness (QED) is 0.324. The van der Waals surface area contributed by atoms with Crippen molar-refractivity contribution in [1.29, 1.82) is 0 Å². The van der Waals surface area contributed by atoms with Gasteiger partial charge in [-0.25, -0.2) is 8.97 Å². The Morgan fingerprint density at radius 2 is 1.96 bits per heavy atom. The van der Waals surface area contributed by atoms with Gasteiger partial charge in [-0.2, -0.15) is 0 Å². The van der Waals surface area contributed by atoms with Crippen LogP contribution in [0, 0.1) is 0 Å². The van der Waals surface area contributed by atoms with Crippen molar-refractivity contribution >= 4 is 11.5 Å². The lowest BCUT2D eigenvalue weighted by molar-refractivity contribution is -0.510. The summed E-state index contributed by atoms with van der Waals surface area (Å²) in [4.78, 5) is 4.34. The maximum atomic E-state index is 6.02. The van der Waals surface area contributed by atoms with Crippen LogP contribution in [0.1, 0.15) is 12.0 Å². The molecule has 3 rings (SSSR count). The molecule has 0 bridgehead atoms. The zero-order valence-corrected chi connectivity index (χ0v) is 13.3. The number of amidine groups is 1. The molecule has 0 aliphatic carbocycles. The smallest absolute Gasteiger partial charge is 0.286 e. The van der Waals surface area contributed by atoms with Crippen molar-refractivity contribution < 1.29 is 4.40 Å².